The highest BCUT2D eigenvalue weighted by Gasteiger charge is 2.19. The fraction of sp³-hybridized carbons (Fsp3) is 0.250. The summed E-state index contributed by atoms with van der Waals surface area (Å²) in [5, 5.41) is 3.33. The largest absolute Gasteiger partial charge is 0.309 e. The second-order valence-electron chi connectivity index (χ2n) is 4.87. The van der Waals surface area contributed by atoms with Crippen molar-refractivity contribution in [2.45, 2.75) is 19.9 Å². The molecule has 0 aliphatic carbocycles. The van der Waals surface area contributed by atoms with E-state index in [1.165, 1.54) is 0 Å². The monoisotopic (exact) mass is 295 g/mol. The zero-order chi connectivity index (χ0) is 14.9. The quantitative estimate of drug-likeness (QED) is 0.820. The molecule has 1 N–H and O–H groups in total. The zero-order valence-electron chi connectivity index (χ0n) is 11.6. The first-order chi connectivity index (χ1) is 9.43. The van der Waals surface area contributed by atoms with Gasteiger partial charge in [-0.05, 0) is 49.7 Å². The normalized spacial score (nSPS) is 12.5. The van der Waals surface area contributed by atoms with Crippen molar-refractivity contribution < 1.29 is 8.78 Å². The van der Waals surface area contributed by atoms with E-state index >= 15 is 0 Å². The summed E-state index contributed by atoms with van der Waals surface area (Å²) in [7, 11) is 1.77. The standard InChI is InChI=1S/C16H16ClF2N/c1-9-4-5-10(2)11(6-9)16(20-3)12-7-14(18)15(19)8-13(12)17/h4-8,16,20H,1-3H3. The van der Waals surface area contributed by atoms with Crippen molar-refractivity contribution in [3.8, 4) is 0 Å². The molecule has 0 aliphatic rings. The second-order valence-corrected chi connectivity index (χ2v) is 5.28. The zero-order valence-corrected chi connectivity index (χ0v) is 12.4. The van der Waals surface area contributed by atoms with E-state index in [9.17, 15) is 8.78 Å². The van der Waals surface area contributed by atoms with E-state index in [-0.39, 0.29) is 11.1 Å². The van der Waals surface area contributed by atoms with Gasteiger partial charge >= 0.3 is 0 Å². The summed E-state index contributed by atoms with van der Waals surface area (Å²) in [6, 6.07) is 7.93. The molecule has 0 aromatic heterocycles. The van der Waals surface area contributed by atoms with Crippen LogP contribution in [0.5, 0.6) is 0 Å². The summed E-state index contributed by atoms with van der Waals surface area (Å²) in [6.07, 6.45) is 0. The van der Waals surface area contributed by atoms with Gasteiger partial charge in [-0.15, -0.1) is 0 Å². The molecule has 0 spiro atoms. The van der Waals surface area contributed by atoms with Crippen LogP contribution in [0, 0.1) is 25.5 Å². The van der Waals surface area contributed by atoms with Crippen LogP contribution in [-0.2, 0) is 0 Å². The third-order valence-electron chi connectivity index (χ3n) is 3.39. The Bertz CT molecular complexity index is 641. The number of hydrogen-bond acceptors (Lipinski definition) is 1. The van der Waals surface area contributed by atoms with Crippen LogP contribution in [0.15, 0.2) is 30.3 Å². The molecule has 0 radical (unpaired) electrons. The maximum Gasteiger partial charge on any atom is 0.160 e. The molecule has 0 saturated heterocycles. The van der Waals surface area contributed by atoms with Crippen LogP contribution in [-0.4, -0.2) is 7.05 Å². The van der Waals surface area contributed by atoms with Gasteiger partial charge in [-0.2, -0.15) is 0 Å². The van der Waals surface area contributed by atoms with Crippen molar-refractivity contribution in [2.24, 2.45) is 0 Å². The number of hydrogen-bond donors (Lipinski definition) is 1. The minimum absolute atomic E-state index is 0.212. The molecule has 0 saturated carbocycles. The van der Waals surface area contributed by atoms with E-state index in [1.807, 2.05) is 32.0 Å². The number of halogens is 3. The fourth-order valence-electron chi connectivity index (χ4n) is 2.31. The first-order valence-corrected chi connectivity index (χ1v) is 6.70. The molecule has 1 atom stereocenters. The van der Waals surface area contributed by atoms with Crippen LogP contribution in [0.1, 0.15) is 28.3 Å². The van der Waals surface area contributed by atoms with Gasteiger partial charge in [0.1, 0.15) is 0 Å². The molecule has 0 bridgehead atoms. The Morgan fingerprint density at radius 3 is 2.30 bits per heavy atom. The van der Waals surface area contributed by atoms with Crippen molar-refractivity contribution in [2.75, 3.05) is 7.05 Å². The van der Waals surface area contributed by atoms with Crippen molar-refractivity contribution in [3.05, 3.63) is 69.2 Å². The molecule has 2 rings (SSSR count). The molecular formula is C16H16ClF2N. The predicted molar refractivity (Wildman–Crippen MR) is 78.2 cm³/mol. The third-order valence-corrected chi connectivity index (χ3v) is 3.71. The highest BCUT2D eigenvalue weighted by Crippen LogP contribution is 2.31. The van der Waals surface area contributed by atoms with Gasteiger partial charge in [-0.3, -0.25) is 0 Å². The maximum absolute atomic E-state index is 13.5. The first kappa shape index (κ1) is 14.9. The SMILES string of the molecule is CNC(c1cc(C)ccc1C)c1cc(F)c(F)cc1Cl. The number of benzene rings is 2. The Morgan fingerprint density at radius 2 is 1.65 bits per heavy atom. The number of rotatable bonds is 3. The molecule has 2 aromatic carbocycles. The molecule has 0 amide bonds. The molecule has 4 heteroatoms. The Kier molecular flexibility index (Phi) is 4.41. The lowest BCUT2D eigenvalue weighted by Gasteiger charge is -2.21. The van der Waals surface area contributed by atoms with Crippen LogP contribution in [0.25, 0.3) is 0 Å². The van der Waals surface area contributed by atoms with Crippen LogP contribution in [0.3, 0.4) is 0 Å². The Labute approximate surface area is 122 Å². The summed E-state index contributed by atoms with van der Waals surface area (Å²) in [4.78, 5) is 0. The summed E-state index contributed by atoms with van der Waals surface area (Å²) in [6.45, 7) is 3.97. The van der Waals surface area contributed by atoms with Crippen LogP contribution >= 0.6 is 11.6 Å². The van der Waals surface area contributed by atoms with Crippen molar-refractivity contribution in [1.29, 1.82) is 0 Å². The molecule has 1 nitrogen and oxygen atoms in total. The van der Waals surface area contributed by atoms with Crippen LogP contribution in [0.4, 0.5) is 8.78 Å². The molecule has 0 aliphatic heterocycles. The van der Waals surface area contributed by atoms with Crippen molar-refractivity contribution in [3.63, 3.8) is 0 Å². The third kappa shape index (κ3) is 2.84. The van der Waals surface area contributed by atoms with Gasteiger partial charge < -0.3 is 5.32 Å². The summed E-state index contributed by atoms with van der Waals surface area (Å²) >= 11 is 6.07. The van der Waals surface area contributed by atoms with E-state index in [2.05, 4.69) is 5.32 Å². The van der Waals surface area contributed by atoms with Gasteiger partial charge in [-0.1, -0.05) is 35.4 Å². The van der Waals surface area contributed by atoms with Gasteiger partial charge in [0.25, 0.3) is 0 Å². The molecule has 2 aromatic rings. The van der Waals surface area contributed by atoms with E-state index in [0.717, 1.165) is 28.8 Å². The predicted octanol–water partition coefficient (Wildman–Crippen LogP) is 4.54. The maximum atomic E-state index is 13.5. The van der Waals surface area contributed by atoms with E-state index in [4.69, 9.17) is 11.6 Å². The Hall–Kier alpha value is -1.45. The van der Waals surface area contributed by atoms with Crippen molar-refractivity contribution >= 4 is 11.6 Å². The van der Waals surface area contributed by atoms with E-state index in [0.29, 0.717) is 5.56 Å². The van der Waals surface area contributed by atoms with Crippen LogP contribution in [0.2, 0.25) is 5.02 Å². The summed E-state index contributed by atoms with van der Waals surface area (Å²) in [5.41, 5.74) is 3.70. The number of aryl methyl sites for hydroxylation is 2. The average Bonchev–Trinajstić information content (AvgIpc) is 2.40. The number of nitrogens with one attached hydrogen (secondary N) is 1. The average molecular weight is 296 g/mol. The molecule has 0 fully saturated rings. The Balaban J connectivity index is 2.58. The molecule has 20 heavy (non-hydrogen) atoms. The molecule has 106 valence electrons. The molecule has 1 unspecified atom stereocenters. The van der Waals surface area contributed by atoms with Gasteiger partial charge in [0.05, 0.1) is 6.04 Å². The minimum Gasteiger partial charge on any atom is -0.309 e. The smallest absolute Gasteiger partial charge is 0.160 e. The first-order valence-electron chi connectivity index (χ1n) is 6.33. The highest BCUT2D eigenvalue weighted by molar-refractivity contribution is 6.31. The summed E-state index contributed by atoms with van der Waals surface area (Å²) < 4.78 is 26.7. The molecular weight excluding hydrogens is 280 g/mol. The highest BCUT2D eigenvalue weighted by atomic mass is 35.5. The molecule has 0 heterocycles. The topological polar surface area (TPSA) is 12.0 Å². The van der Waals surface area contributed by atoms with Crippen molar-refractivity contribution in [1.82, 2.24) is 5.32 Å². The second kappa shape index (κ2) is 5.90. The fourth-order valence-corrected chi connectivity index (χ4v) is 2.57. The van der Waals surface area contributed by atoms with E-state index < -0.39 is 11.6 Å². The summed E-state index contributed by atoms with van der Waals surface area (Å²) in [5.74, 6) is -1.83. The minimum atomic E-state index is -0.936. The lowest BCUT2D eigenvalue weighted by molar-refractivity contribution is 0.505. The van der Waals surface area contributed by atoms with Gasteiger partial charge in [-0.25, -0.2) is 8.78 Å². The lowest BCUT2D eigenvalue weighted by Crippen LogP contribution is -2.19. The lowest BCUT2D eigenvalue weighted by atomic mass is 9.93. The van der Waals surface area contributed by atoms with Crippen LogP contribution < -0.4 is 5.32 Å². The van der Waals surface area contributed by atoms with Gasteiger partial charge in [0.2, 0.25) is 0 Å². The Morgan fingerprint density at radius 1 is 1.00 bits per heavy atom. The van der Waals surface area contributed by atoms with Gasteiger partial charge in [0.15, 0.2) is 11.6 Å². The van der Waals surface area contributed by atoms with Gasteiger partial charge in [0, 0.05) is 5.02 Å². The van der Waals surface area contributed by atoms with E-state index in [1.54, 1.807) is 7.05 Å².